The lowest BCUT2D eigenvalue weighted by Crippen LogP contribution is -2.60. The first-order valence-corrected chi connectivity index (χ1v) is 16.0. The highest BCUT2D eigenvalue weighted by atomic mass is 35.5. The van der Waals surface area contributed by atoms with Crippen molar-refractivity contribution in [2.75, 3.05) is 20.7 Å². The van der Waals surface area contributed by atoms with E-state index in [1.807, 2.05) is 49.1 Å². The second-order valence-electron chi connectivity index (χ2n) is 11.3. The maximum atomic E-state index is 14.7. The molecule has 0 spiro atoms. The molecule has 0 bridgehead atoms. The highest BCUT2D eigenvalue weighted by molar-refractivity contribution is 7.90. The van der Waals surface area contributed by atoms with E-state index in [1.165, 1.54) is 11.4 Å². The van der Waals surface area contributed by atoms with Crippen molar-refractivity contribution in [3.05, 3.63) is 69.7 Å². The van der Waals surface area contributed by atoms with Crippen molar-refractivity contribution in [3.63, 3.8) is 0 Å². The van der Waals surface area contributed by atoms with Crippen LogP contribution in [-0.2, 0) is 24.3 Å². The largest absolute Gasteiger partial charge is 0.469 e. The topological polar surface area (TPSA) is 84.0 Å². The van der Waals surface area contributed by atoms with E-state index in [1.54, 1.807) is 32.2 Å². The number of amides is 1. The number of hydrogen-bond acceptors (Lipinski definition) is 5. The van der Waals surface area contributed by atoms with Gasteiger partial charge in [-0.15, -0.1) is 0 Å². The van der Waals surface area contributed by atoms with Crippen molar-refractivity contribution < 1.29 is 22.7 Å². The van der Waals surface area contributed by atoms with E-state index in [4.69, 9.17) is 27.9 Å². The Morgan fingerprint density at radius 3 is 2.33 bits per heavy atom. The first kappa shape index (κ1) is 30.8. The number of likely N-dealkylation sites (tertiary alicyclic amines) is 1. The number of hydrogen-bond donors (Lipinski definition) is 0. The molecular formula is C30H38Cl2N2O5S. The SMILES string of the molecule is CCC(CN(C)S(=O)(=O)C1CC1)N1C(=O)C(C)(C(C)C(=O)OC)CC(c2cccc(Cl)c2)C1c1ccc(Cl)cc1. The molecule has 2 aromatic rings. The Hall–Kier alpha value is -2.13. The second kappa shape index (κ2) is 12.0. The van der Waals surface area contributed by atoms with Crippen LogP contribution in [0.2, 0.25) is 10.0 Å². The third kappa shape index (κ3) is 5.91. The molecule has 5 atom stereocenters. The van der Waals surface area contributed by atoms with E-state index in [0.29, 0.717) is 35.7 Å². The van der Waals surface area contributed by atoms with Gasteiger partial charge in [0.05, 0.1) is 29.7 Å². The van der Waals surface area contributed by atoms with Gasteiger partial charge in [-0.25, -0.2) is 12.7 Å². The van der Waals surface area contributed by atoms with Gasteiger partial charge in [0, 0.05) is 35.6 Å². The number of ether oxygens (including phenoxy) is 1. The summed E-state index contributed by atoms with van der Waals surface area (Å²) in [4.78, 5) is 29.4. The summed E-state index contributed by atoms with van der Waals surface area (Å²) in [5.74, 6) is -1.64. The van der Waals surface area contributed by atoms with Gasteiger partial charge in [0.15, 0.2) is 0 Å². The molecule has 0 radical (unpaired) electrons. The highest BCUT2D eigenvalue weighted by Crippen LogP contribution is 2.53. The fraction of sp³-hybridized carbons (Fsp3) is 0.533. The van der Waals surface area contributed by atoms with Crippen molar-refractivity contribution in [1.29, 1.82) is 0 Å². The number of rotatable bonds is 10. The lowest BCUT2D eigenvalue weighted by Gasteiger charge is -2.53. The van der Waals surface area contributed by atoms with Crippen LogP contribution in [-0.4, -0.2) is 61.5 Å². The monoisotopic (exact) mass is 608 g/mol. The summed E-state index contributed by atoms with van der Waals surface area (Å²) < 4.78 is 32.7. The molecule has 1 saturated carbocycles. The minimum atomic E-state index is -3.46. The number of carbonyl (C=O) groups is 2. The Balaban J connectivity index is 1.89. The summed E-state index contributed by atoms with van der Waals surface area (Å²) in [5.41, 5.74) is 0.702. The molecule has 1 amide bonds. The normalized spacial score (nSPS) is 25.1. The van der Waals surface area contributed by atoms with E-state index < -0.39 is 39.4 Å². The standard InChI is InChI=1S/C30H38Cl2N2O5S/c1-6-24(18-33(4)40(37,38)25-14-15-25)34-27(20-10-12-22(31)13-11-20)26(21-8-7-9-23(32)16-21)17-30(3,29(34)36)19(2)28(35)39-5/h7-13,16,19,24-27H,6,14-15,17-18H2,1-5H3. The molecule has 1 aliphatic carbocycles. The predicted octanol–water partition coefficient (Wildman–Crippen LogP) is 6.07. The fourth-order valence-corrected chi connectivity index (χ4v) is 7.93. The minimum Gasteiger partial charge on any atom is -0.469 e. The molecule has 1 saturated heterocycles. The molecule has 4 rings (SSSR count). The lowest BCUT2D eigenvalue weighted by atomic mass is 9.63. The molecule has 2 fully saturated rings. The molecule has 0 aromatic heterocycles. The van der Waals surface area contributed by atoms with Gasteiger partial charge >= 0.3 is 5.97 Å². The second-order valence-corrected chi connectivity index (χ2v) is 14.5. The first-order chi connectivity index (χ1) is 18.8. The van der Waals surface area contributed by atoms with Crippen molar-refractivity contribution in [3.8, 4) is 0 Å². The van der Waals surface area contributed by atoms with Gasteiger partial charge in [0.2, 0.25) is 15.9 Å². The van der Waals surface area contributed by atoms with Gasteiger partial charge in [-0.3, -0.25) is 9.59 Å². The Morgan fingerprint density at radius 2 is 1.77 bits per heavy atom. The minimum absolute atomic E-state index is 0.149. The molecule has 218 valence electrons. The smallest absolute Gasteiger partial charge is 0.309 e. The van der Waals surface area contributed by atoms with E-state index in [-0.39, 0.29) is 23.6 Å². The Kier molecular flexibility index (Phi) is 9.25. The zero-order valence-corrected chi connectivity index (χ0v) is 26.0. The Bertz CT molecular complexity index is 1350. The zero-order valence-electron chi connectivity index (χ0n) is 23.6. The Morgan fingerprint density at radius 1 is 1.12 bits per heavy atom. The van der Waals surface area contributed by atoms with Crippen LogP contribution in [0.5, 0.6) is 0 Å². The number of methoxy groups -OCH3 is 1. The van der Waals surface area contributed by atoms with Gasteiger partial charge in [-0.2, -0.15) is 0 Å². The van der Waals surface area contributed by atoms with Crippen molar-refractivity contribution >= 4 is 45.1 Å². The molecular weight excluding hydrogens is 571 g/mol. The van der Waals surface area contributed by atoms with E-state index in [0.717, 1.165) is 11.1 Å². The van der Waals surface area contributed by atoms with Crippen molar-refractivity contribution in [2.45, 2.75) is 69.7 Å². The summed E-state index contributed by atoms with van der Waals surface area (Å²) in [6.07, 6.45) is 2.21. The molecule has 40 heavy (non-hydrogen) atoms. The third-order valence-electron chi connectivity index (χ3n) is 8.76. The van der Waals surface area contributed by atoms with Crippen LogP contribution in [0.15, 0.2) is 48.5 Å². The summed E-state index contributed by atoms with van der Waals surface area (Å²) in [6, 6.07) is 14.1. The van der Waals surface area contributed by atoms with Gasteiger partial charge in [-0.05, 0) is 68.0 Å². The number of benzene rings is 2. The fourth-order valence-electron chi connectivity index (χ4n) is 5.99. The van der Waals surface area contributed by atoms with Gasteiger partial charge in [0.25, 0.3) is 0 Å². The molecule has 0 N–H and O–H groups in total. The van der Waals surface area contributed by atoms with Crippen LogP contribution < -0.4 is 0 Å². The number of halogens is 2. The van der Waals surface area contributed by atoms with Crippen LogP contribution in [0.1, 0.15) is 69.5 Å². The Labute approximate surface area is 247 Å². The number of likely N-dealkylation sites (N-methyl/N-ethyl adjacent to an activating group) is 1. The molecule has 5 unspecified atom stereocenters. The van der Waals surface area contributed by atoms with Gasteiger partial charge in [0.1, 0.15) is 0 Å². The number of sulfonamides is 1. The van der Waals surface area contributed by atoms with Gasteiger partial charge < -0.3 is 9.64 Å². The number of esters is 1. The van der Waals surface area contributed by atoms with Crippen LogP contribution >= 0.6 is 23.2 Å². The van der Waals surface area contributed by atoms with E-state index in [9.17, 15) is 18.0 Å². The summed E-state index contributed by atoms with van der Waals surface area (Å²) in [6.45, 7) is 5.65. The number of nitrogens with zero attached hydrogens (tertiary/aromatic N) is 2. The maximum absolute atomic E-state index is 14.7. The van der Waals surface area contributed by atoms with E-state index in [2.05, 4.69) is 0 Å². The summed E-state index contributed by atoms with van der Waals surface area (Å²) in [7, 11) is -0.548. The van der Waals surface area contributed by atoms with Crippen LogP contribution in [0.3, 0.4) is 0 Å². The lowest BCUT2D eigenvalue weighted by molar-refractivity contribution is -0.168. The quantitative estimate of drug-likeness (QED) is 0.306. The van der Waals surface area contributed by atoms with E-state index >= 15 is 0 Å². The average molecular weight is 610 g/mol. The third-order valence-corrected chi connectivity index (χ3v) is 11.6. The summed E-state index contributed by atoms with van der Waals surface area (Å²) >= 11 is 12.7. The predicted molar refractivity (Wildman–Crippen MR) is 158 cm³/mol. The van der Waals surface area contributed by atoms with Gasteiger partial charge in [-0.1, -0.05) is 61.3 Å². The molecule has 1 heterocycles. The van der Waals surface area contributed by atoms with Crippen molar-refractivity contribution in [2.24, 2.45) is 11.3 Å². The maximum Gasteiger partial charge on any atom is 0.309 e. The number of carbonyl (C=O) groups excluding carboxylic acids is 2. The van der Waals surface area contributed by atoms with Crippen LogP contribution in [0, 0.1) is 11.3 Å². The molecule has 7 nitrogen and oxygen atoms in total. The molecule has 1 aliphatic heterocycles. The number of piperidine rings is 1. The molecule has 2 aliphatic rings. The van der Waals surface area contributed by atoms with Crippen LogP contribution in [0.4, 0.5) is 0 Å². The first-order valence-electron chi connectivity index (χ1n) is 13.7. The average Bonchev–Trinajstić information content (AvgIpc) is 3.79. The molecule has 10 heteroatoms. The van der Waals surface area contributed by atoms with Crippen LogP contribution in [0.25, 0.3) is 0 Å². The van der Waals surface area contributed by atoms with Crippen molar-refractivity contribution in [1.82, 2.24) is 9.21 Å². The molecule has 2 aromatic carbocycles. The highest BCUT2D eigenvalue weighted by Gasteiger charge is 2.55. The summed E-state index contributed by atoms with van der Waals surface area (Å²) in [5, 5.41) is 0.784. The zero-order chi connectivity index (χ0) is 29.4.